The zero-order valence-electron chi connectivity index (χ0n) is 23.8. The molecule has 4 heterocycles. The molecular weight excluding hydrogens is 595 g/mol. The lowest BCUT2D eigenvalue weighted by Crippen LogP contribution is -2.54. The van der Waals surface area contributed by atoms with Crippen LogP contribution in [0.3, 0.4) is 0 Å². The van der Waals surface area contributed by atoms with E-state index in [0.29, 0.717) is 43.6 Å². The number of nitrogens with zero attached hydrogens (tertiary/aromatic N) is 5. The highest BCUT2D eigenvalue weighted by atomic mass is 19.4. The van der Waals surface area contributed by atoms with Gasteiger partial charge in [-0.1, -0.05) is 12.1 Å². The Hall–Kier alpha value is -5.21. The molecule has 1 aromatic heterocycles. The van der Waals surface area contributed by atoms with Gasteiger partial charge in [-0.15, -0.1) is 0 Å². The van der Waals surface area contributed by atoms with Crippen LogP contribution in [-0.2, 0) is 15.8 Å². The van der Waals surface area contributed by atoms with E-state index in [1.165, 1.54) is 12.1 Å². The number of carbonyl (C=O) groups is 4. The predicted molar refractivity (Wildman–Crippen MR) is 155 cm³/mol. The van der Waals surface area contributed by atoms with Crippen LogP contribution in [0.1, 0.15) is 39.1 Å². The molecule has 1 unspecified atom stereocenters. The van der Waals surface area contributed by atoms with Crippen LogP contribution in [0.2, 0.25) is 0 Å². The molecule has 0 aliphatic carbocycles. The number of benzene rings is 2. The molecule has 3 aliphatic rings. The Bertz CT molecular complexity index is 1660. The zero-order valence-corrected chi connectivity index (χ0v) is 23.8. The molecule has 2 fully saturated rings. The van der Waals surface area contributed by atoms with E-state index in [9.17, 15) is 32.3 Å². The summed E-state index contributed by atoms with van der Waals surface area (Å²) < 4.78 is 45.2. The largest absolute Gasteiger partial charge is 0.491 e. The Kier molecular flexibility index (Phi) is 7.99. The van der Waals surface area contributed by atoms with Crippen molar-refractivity contribution in [2.24, 2.45) is 0 Å². The molecule has 6 rings (SSSR count). The van der Waals surface area contributed by atoms with E-state index in [1.807, 2.05) is 9.80 Å². The van der Waals surface area contributed by atoms with Crippen molar-refractivity contribution in [3.8, 4) is 5.75 Å². The van der Waals surface area contributed by atoms with Crippen LogP contribution in [-0.4, -0.2) is 83.9 Å². The third-order valence-corrected chi connectivity index (χ3v) is 7.86. The Morgan fingerprint density at radius 2 is 1.71 bits per heavy atom. The normalized spacial score (nSPS) is 18.6. The fourth-order valence-electron chi connectivity index (χ4n) is 5.61. The number of piperidine rings is 1. The second-order valence-electron chi connectivity index (χ2n) is 10.7. The van der Waals surface area contributed by atoms with E-state index in [-0.39, 0.29) is 42.9 Å². The molecule has 15 heteroatoms. The van der Waals surface area contributed by atoms with Crippen LogP contribution in [0, 0.1) is 0 Å². The number of halogens is 3. The summed E-state index contributed by atoms with van der Waals surface area (Å²) in [6.45, 7) is 2.50. The minimum Gasteiger partial charge on any atom is -0.491 e. The van der Waals surface area contributed by atoms with E-state index < -0.39 is 41.4 Å². The number of piperazine rings is 1. The first-order chi connectivity index (χ1) is 21.6. The number of hydrogen-bond donors (Lipinski definition) is 2. The number of amides is 4. The molecule has 3 aliphatic heterocycles. The summed E-state index contributed by atoms with van der Waals surface area (Å²) >= 11 is 0. The lowest BCUT2D eigenvalue weighted by Gasteiger charge is -2.37. The van der Waals surface area contributed by atoms with Gasteiger partial charge >= 0.3 is 6.18 Å². The van der Waals surface area contributed by atoms with Crippen molar-refractivity contribution in [2.45, 2.75) is 25.1 Å². The van der Waals surface area contributed by atoms with E-state index in [4.69, 9.17) is 4.74 Å². The number of ether oxygens (including phenoxy) is 1. The van der Waals surface area contributed by atoms with Crippen LogP contribution in [0.5, 0.6) is 5.75 Å². The quantitative estimate of drug-likeness (QED) is 0.285. The summed E-state index contributed by atoms with van der Waals surface area (Å²) in [5, 5.41) is 5.24. The lowest BCUT2D eigenvalue weighted by molar-refractivity contribution is -0.138. The van der Waals surface area contributed by atoms with Gasteiger partial charge in [0, 0.05) is 44.5 Å². The number of hydrogen-bond acceptors (Lipinski definition) is 10. The highest BCUT2D eigenvalue weighted by molar-refractivity contribution is 6.24. The van der Waals surface area contributed by atoms with Gasteiger partial charge in [-0.3, -0.25) is 29.4 Å². The molecule has 1 atom stereocenters. The molecule has 3 aromatic rings. The van der Waals surface area contributed by atoms with Gasteiger partial charge in [0.2, 0.25) is 17.8 Å². The maximum atomic E-state index is 13.2. The third-order valence-electron chi connectivity index (χ3n) is 7.86. The van der Waals surface area contributed by atoms with E-state index >= 15 is 0 Å². The highest BCUT2D eigenvalue weighted by Crippen LogP contribution is 2.34. The summed E-state index contributed by atoms with van der Waals surface area (Å²) in [6.07, 6.45) is -2.72. The summed E-state index contributed by atoms with van der Waals surface area (Å²) in [4.78, 5) is 63.7. The van der Waals surface area contributed by atoms with Gasteiger partial charge in [-0.05, 0) is 42.8 Å². The molecule has 12 nitrogen and oxygen atoms in total. The van der Waals surface area contributed by atoms with Crippen molar-refractivity contribution in [3.05, 3.63) is 71.4 Å². The van der Waals surface area contributed by atoms with Gasteiger partial charge in [0.25, 0.3) is 11.8 Å². The molecular formula is C30H28F3N7O5. The number of anilines is 3. The van der Waals surface area contributed by atoms with Crippen LogP contribution in [0.4, 0.5) is 30.6 Å². The lowest BCUT2D eigenvalue weighted by atomic mass is 10.0. The summed E-state index contributed by atoms with van der Waals surface area (Å²) in [7, 11) is 0. The minimum absolute atomic E-state index is 0.0259. The average Bonchev–Trinajstić information content (AvgIpc) is 3.29. The maximum Gasteiger partial charge on any atom is 0.416 e. The van der Waals surface area contributed by atoms with Crippen molar-refractivity contribution in [2.75, 3.05) is 54.4 Å². The molecule has 2 aromatic carbocycles. The SMILES string of the molecule is O=C1CCC(N2C(=O)c3cccc(OCCNc4nccc(N5CCN(c6cccc(C(F)(F)F)c6)CC5)n4)c3C2=O)C(=O)N1. The Morgan fingerprint density at radius 1 is 0.956 bits per heavy atom. The Morgan fingerprint density at radius 3 is 2.47 bits per heavy atom. The van der Waals surface area contributed by atoms with Gasteiger partial charge < -0.3 is 19.9 Å². The first kappa shape index (κ1) is 29.8. The summed E-state index contributed by atoms with van der Waals surface area (Å²) in [6, 6.07) is 10.6. The Labute approximate surface area is 255 Å². The van der Waals surface area contributed by atoms with Gasteiger partial charge in [-0.25, -0.2) is 4.98 Å². The van der Waals surface area contributed by atoms with Crippen molar-refractivity contribution in [3.63, 3.8) is 0 Å². The first-order valence-electron chi connectivity index (χ1n) is 14.3. The molecule has 4 amide bonds. The first-order valence-corrected chi connectivity index (χ1v) is 14.3. The maximum absolute atomic E-state index is 13.2. The molecule has 2 saturated heterocycles. The van der Waals surface area contributed by atoms with Crippen LogP contribution >= 0.6 is 0 Å². The van der Waals surface area contributed by atoms with Crippen molar-refractivity contribution in [1.29, 1.82) is 0 Å². The van der Waals surface area contributed by atoms with Crippen LogP contribution in [0.15, 0.2) is 54.7 Å². The monoisotopic (exact) mass is 623 g/mol. The Balaban J connectivity index is 1.03. The molecule has 0 saturated carbocycles. The van der Waals surface area contributed by atoms with Gasteiger partial charge in [0.15, 0.2) is 0 Å². The minimum atomic E-state index is -4.40. The predicted octanol–water partition coefficient (Wildman–Crippen LogP) is 2.71. The zero-order chi connectivity index (χ0) is 31.7. The van der Waals surface area contributed by atoms with Crippen LogP contribution < -0.4 is 25.2 Å². The number of fused-ring (bicyclic) bond motifs is 1. The number of rotatable bonds is 8. The molecule has 45 heavy (non-hydrogen) atoms. The average molecular weight is 624 g/mol. The summed E-state index contributed by atoms with van der Waals surface area (Å²) in [5.41, 5.74) is 0.0336. The van der Waals surface area contributed by atoms with Crippen molar-refractivity contribution < 1.29 is 37.1 Å². The van der Waals surface area contributed by atoms with Gasteiger partial charge in [0.1, 0.15) is 24.2 Å². The van der Waals surface area contributed by atoms with E-state index in [0.717, 1.165) is 17.0 Å². The second kappa shape index (κ2) is 12.1. The molecule has 234 valence electrons. The number of alkyl halides is 3. The second-order valence-corrected chi connectivity index (χ2v) is 10.7. The van der Waals surface area contributed by atoms with Gasteiger partial charge in [0.05, 0.1) is 23.2 Å². The van der Waals surface area contributed by atoms with Crippen LogP contribution in [0.25, 0.3) is 0 Å². The number of nitrogens with one attached hydrogen (secondary N) is 2. The van der Waals surface area contributed by atoms with Gasteiger partial charge in [-0.2, -0.15) is 18.2 Å². The summed E-state index contributed by atoms with van der Waals surface area (Å²) in [5.74, 6) is -1.22. The van der Waals surface area contributed by atoms with Crippen molar-refractivity contribution >= 4 is 41.1 Å². The number of carbonyl (C=O) groups excluding carboxylic acids is 4. The van der Waals surface area contributed by atoms with E-state index in [1.54, 1.807) is 30.5 Å². The van der Waals surface area contributed by atoms with E-state index in [2.05, 4.69) is 20.6 Å². The molecule has 0 spiro atoms. The third kappa shape index (κ3) is 6.10. The smallest absolute Gasteiger partial charge is 0.416 e. The number of aromatic nitrogens is 2. The highest BCUT2D eigenvalue weighted by Gasteiger charge is 2.46. The fourth-order valence-corrected chi connectivity index (χ4v) is 5.61. The molecule has 2 N–H and O–H groups in total. The topological polar surface area (TPSA) is 137 Å². The van der Waals surface area contributed by atoms with Crippen molar-refractivity contribution in [1.82, 2.24) is 20.2 Å². The number of imide groups is 2. The fraction of sp³-hybridized carbons (Fsp3) is 0.333. The molecule has 0 bridgehead atoms. The standard InChI is InChI=1S/C30H28F3N7O5/c31-30(32,33)18-3-1-4-19(17-18)38-12-14-39(15-13-38)23-9-10-34-29(36-23)35-11-16-45-22-6-2-5-20-25(22)28(44)40(27(20)43)21-7-8-24(41)37-26(21)42/h1-6,9-10,17,21H,7-8,11-16H2,(H,34,35,36)(H,37,41,42). The molecule has 0 radical (unpaired) electrons.